The van der Waals surface area contributed by atoms with Gasteiger partial charge in [-0.3, -0.25) is 4.79 Å². The third-order valence-corrected chi connectivity index (χ3v) is 2.51. The molecule has 0 fully saturated rings. The first-order chi connectivity index (χ1) is 9.19. The van der Waals surface area contributed by atoms with Crippen LogP contribution in [0.25, 0.3) is 0 Å². The van der Waals surface area contributed by atoms with Gasteiger partial charge in [-0.2, -0.15) is 10.4 Å². The zero-order valence-electron chi connectivity index (χ0n) is 11.1. The topological polar surface area (TPSA) is 74.5 Å². The molecule has 0 unspecified atom stereocenters. The fraction of sp³-hybridized carbons (Fsp3) is 0.357. The van der Waals surface area contributed by atoms with Gasteiger partial charge in [0.25, 0.3) is 5.91 Å². The number of carbonyl (C=O) groups is 1. The van der Waals surface area contributed by atoms with E-state index in [1.54, 1.807) is 24.3 Å². The molecule has 0 atom stereocenters. The van der Waals surface area contributed by atoms with Crippen LogP contribution >= 0.6 is 0 Å². The molecule has 1 aromatic rings. The molecular weight excluding hydrogens is 242 g/mol. The van der Waals surface area contributed by atoms with Gasteiger partial charge in [0.1, 0.15) is 5.75 Å². The van der Waals surface area contributed by atoms with Crippen molar-refractivity contribution in [1.82, 2.24) is 5.43 Å². The lowest BCUT2D eigenvalue weighted by Crippen LogP contribution is -2.25. The fourth-order valence-corrected chi connectivity index (χ4v) is 1.36. The van der Waals surface area contributed by atoms with Gasteiger partial charge in [0.15, 0.2) is 6.61 Å². The molecule has 0 spiro atoms. The summed E-state index contributed by atoms with van der Waals surface area (Å²) in [6, 6.07) is 8.59. The molecule has 19 heavy (non-hydrogen) atoms. The van der Waals surface area contributed by atoms with Crippen LogP contribution in [-0.2, 0) is 4.79 Å². The van der Waals surface area contributed by atoms with E-state index in [-0.39, 0.29) is 12.5 Å². The number of hydrogen-bond acceptors (Lipinski definition) is 4. The first-order valence-corrected chi connectivity index (χ1v) is 6.16. The molecule has 0 aliphatic heterocycles. The Morgan fingerprint density at radius 3 is 2.47 bits per heavy atom. The predicted octanol–water partition coefficient (Wildman–Crippen LogP) is 2.23. The van der Waals surface area contributed by atoms with E-state index in [1.807, 2.05) is 19.9 Å². The van der Waals surface area contributed by atoms with Crippen molar-refractivity contribution in [2.75, 3.05) is 6.61 Å². The van der Waals surface area contributed by atoms with Crippen molar-refractivity contribution in [2.45, 2.75) is 26.7 Å². The van der Waals surface area contributed by atoms with Gasteiger partial charge in [0.05, 0.1) is 11.6 Å². The molecule has 0 radical (unpaired) electrons. The second-order valence-corrected chi connectivity index (χ2v) is 3.84. The first kappa shape index (κ1) is 14.7. The molecule has 5 nitrogen and oxygen atoms in total. The first-order valence-electron chi connectivity index (χ1n) is 6.16. The summed E-state index contributed by atoms with van der Waals surface area (Å²) in [5, 5.41) is 12.6. The minimum absolute atomic E-state index is 0.101. The summed E-state index contributed by atoms with van der Waals surface area (Å²) in [4.78, 5) is 11.5. The normalized spacial score (nSPS) is 9.32. The van der Waals surface area contributed by atoms with E-state index in [4.69, 9.17) is 10.00 Å². The van der Waals surface area contributed by atoms with Crippen molar-refractivity contribution in [3.63, 3.8) is 0 Å². The number of benzene rings is 1. The Labute approximate surface area is 112 Å². The average Bonchev–Trinajstić information content (AvgIpc) is 2.46. The summed E-state index contributed by atoms with van der Waals surface area (Å²) in [6.07, 6.45) is 1.63. The highest BCUT2D eigenvalue weighted by molar-refractivity contribution is 5.86. The number of hydrogen-bond donors (Lipinski definition) is 1. The van der Waals surface area contributed by atoms with E-state index in [9.17, 15) is 4.79 Å². The van der Waals surface area contributed by atoms with Gasteiger partial charge in [0, 0.05) is 5.71 Å². The Hall–Kier alpha value is -2.35. The molecule has 0 aromatic heterocycles. The van der Waals surface area contributed by atoms with Gasteiger partial charge < -0.3 is 4.74 Å². The van der Waals surface area contributed by atoms with E-state index in [0.29, 0.717) is 11.3 Å². The van der Waals surface area contributed by atoms with Crippen molar-refractivity contribution in [1.29, 1.82) is 5.26 Å². The summed E-state index contributed by atoms with van der Waals surface area (Å²) in [6.45, 7) is 3.87. The van der Waals surface area contributed by atoms with Gasteiger partial charge >= 0.3 is 0 Å². The summed E-state index contributed by atoms with van der Waals surface area (Å²) in [7, 11) is 0. The molecule has 0 saturated heterocycles. The van der Waals surface area contributed by atoms with E-state index >= 15 is 0 Å². The van der Waals surface area contributed by atoms with E-state index < -0.39 is 0 Å². The SMILES string of the molecule is CCC(CC)=NNC(=O)COc1ccc(C#N)cc1. The maximum Gasteiger partial charge on any atom is 0.277 e. The number of amides is 1. The van der Waals surface area contributed by atoms with E-state index in [1.165, 1.54) is 0 Å². The molecule has 5 heteroatoms. The molecule has 0 bridgehead atoms. The van der Waals surface area contributed by atoms with Crippen molar-refractivity contribution in [3.05, 3.63) is 29.8 Å². The lowest BCUT2D eigenvalue weighted by Gasteiger charge is -2.05. The van der Waals surface area contributed by atoms with Crippen LogP contribution in [0.2, 0.25) is 0 Å². The molecule has 1 rings (SSSR count). The molecule has 0 heterocycles. The van der Waals surface area contributed by atoms with Crippen LogP contribution < -0.4 is 10.2 Å². The third-order valence-electron chi connectivity index (χ3n) is 2.51. The van der Waals surface area contributed by atoms with Gasteiger partial charge in [-0.05, 0) is 37.1 Å². The second kappa shape index (κ2) is 7.88. The second-order valence-electron chi connectivity index (χ2n) is 3.84. The van der Waals surface area contributed by atoms with Crippen molar-refractivity contribution >= 4 is 11.6 Å². The van der Waals surface area contributed by atoms with Crippen LogP contribution in [0.15, 0.2) is 29.4 Å². The molecule has 100 valence electrons. The molecule has 0 saturated carbocycles. The molecule has 0 aliphatic rings. The van der Waals surface area contributed by atoms with Gasteiger partial charge in [-0.1, -0.05) is 13.8 Å². The number of nitrogens with one attached hydrogen (secondary N) is 1. The number of rotatable bonds is 6. The number of nitrogens with zero attached hydrogens (tertiary/aromatic N) is 2. The maximum absolute atomic E-state index is 11.5. The van der Waals surface area contributed by atoms with Crippen LogP contribution in [0.4, 0.5) is 0 Å². The molecule has 1 amide bonds. The van der Waals surface area contributed by atoms with Gasteiger partial charge in [-0.25, -0.2) is 5.43 Å². The highest BCUT2D eigenvalue weighted by Gasteiger charge is 2.02. The zero-order chi connectivity index (χ0) is 14.1. The Morgan fingerprint density at radius 1 is 1.32 bits per heavy atom. The Morgan fingerprint density at radius 2 is 1.95 bits per heavy atom. The maximum atomic E-state index is 11.5. The largest absolute Gasteiger partial charge is 0.484 e. The van der Waals surface area contributed by atoms with Crippen molar-refractivity contribution < 1.29 is 9.53 Å². The van der Waals surface area contributed by atoms with Crippen LogP contribution in [0.1, 0.15) is 32.3 Å². The van der Waals surface area contributed by atoms with Crippen molar-refractivity contribution in [2.24, 2.45) is 5.10 Å². The quantitative estimate of drug-likeness (QED) is 0.628. The molecule has 1 N–H and O–H groups in total. The van der Waals surface area contributed by atoms with E-state index in [2.05, 4.69) is 10.5 Å². The fourth-order valence-electron chi connectivity index (χ4n) is 1.36. The smallest absolute Gasteiger partial charge is 0.277 e. The highest BCUT2D eigenvalue weighted by Crippen LogP contribution is 2.11. The van der Waals surface area contributed by atoms with Crippen LogP contribution in [-0.4, -0.2) is 18.2 Å². The highest BCUT2D eigenvalue weighted by atomic mass is 16.5. The number of carbonyl (C=O) groups excluding carboxylic acids is 1. The number of hydrazone groups is 1. The summed E-state index contributed by atoms with van der Waals surface area (Å²) < 4.78 is 5.28. The lowest BCUT2D eigenvalue weighted by molar-refractivity contribution is -0.123. The minimum Gasteiger partial charge on any atom is -0.484 e. The van der Waals surface area contributed by atoms with Crippen LogP contribution in [0.3, 0.4) is 0 Å². The molecule has 0 aliphatic carbocycles. The van der Waals surface area contributed by atoms with Crippen LogP contribution in [0.5, 0.6) is 5.75 Å². The standard InChI is InChI=1S/C14H17N3O2/c1-3-12(4-2)16-17-14(18)10-19-13-7-5-11(9-15)6-8-13/h5-8H,3-4,10H2,1-2H3,(H,17,18). The average molecular weight is 259 g/mol. The summed E-state index contributed by atoms with van der Waals surface area (Å²) in [5.41, 5.74) is 3.94. The lowest BCUT2D eigenvalue weighted by atomic mass is 10.2. The third kappa shape index (κ3) is 5.21. The number of nitriles is 1. The molecular formula is C14H17N3O2. The van der Waals surface area contributed by atoms with Crippen molar-refractivity contribution in [3.8, 4) is 11.8 Å². The van der Waals surface area contributed by atoms with Gasteiger partial charge in [0.2, 0.25) is 0 Å². The molecule has 1 aromatic carbocycles. The number of ether oxygens (including phenoxy) is 1. The monoisotopic (exact) mass is 259 g/mol. The summed E-state index contributed by atoms with van der Waals surface area (Å²) >= 11 is 0. The summed E-state index contributed by atoms with van der Waals surface area (Å²) in [5.74, 6) is 0.244. The Bertz CT molecular complexity index is 480. The van der Waals surface area contributed by atoms with Gasteiger partial charge in [-0.15, -0.1) is 0 Å². The Kier molecular flexibility index (Phi) is 6.10. The zero-order valence-corrected chi connectivity index (χ0v) is 11.1. The van der Waals surface area contributed by atoms with Crippen LogP contribution in [0, 0.1) is 11.3 Å². The predicted molar refractivity (Wildman–Crippen MR) is 72.8 cm³/mol. The Balaban J connectivity index is 2.41. The van der Waals surface area contributed by atoms with E-state index in [0.717, 1.165) is 18.6 Å². The minimum atomic E-state index is -0.302.